The fraction of sp³-hybridized carbons (Fsp3) is 0.389. The summed E-state index contributed by atoms with van der Waals surface area (Å²) in [6.45, 7) is 0.526. The lowest BCUT2D eigenvalue weighted by Gasteiger charge is -2.15. The molecule has 0 unspecified atom stereocenters. The van der Waals surface area contributed by atoms with Crippen molar-refractivity contribution >= 4 is 29.1 Å². The van der Waals surface area contributed by atoms with Crippen LogP contribution in [-0.4, -0.2) is 33.8 Å². The minimum Gasteiger partial charge on any atom is -0.373 e. The van der Waals surface area contributed by atoms with Crippen molar-refractivity contribution in [2.45, 2.75) is 31.6 Å². The molecule has 4 atom stereocenters. The fourth-order valence-corrected chi connectivity index (χ4v) is 4.56. The van der Waals surface area contributed by atoms with Gasteiger partial charge in [0.25, 0.3) is 0 Å². The molecule has 5 rings (SSSR count). The van der Waals surface area contributed by atoms with Gasteiger partial charge in [0.2, 0.25) is 11.8 Å². The number of carbonyl (C=O) groups is 2. The van der Waals surface area contributed by atoms with Crippen LogP contribution in [0.15, 0.2) is 36.7 Å². The quantitative estimate of drug-likeness (QED) is 0.790. The Hall–Kier alpha value is -2.18. The number of imide groups is 1. The molecule has 3 aliphatic rings. The van der Waals surface area contributed by atoms with Gasteiger partial charge in [0.05, 0.1) is 42.5 Å². The second-order valence-electron chi connectivity index (χ2n) is 6.88. The van der Waals surface area contributed by atoms with E-state index >= 15 is 0 Å². The number of halogens is 1. The first-order valence-corrected chi connectivity index (χ1v) is 8.80. The maximum absolute atomic E-state index is 12.8. The monoisotopic (exact) mass is 357 g/mol. The summed E-state index contributed by atoms with van der Waals surface area (Å²) in [6.07, 6.45) is 4.85. The second-order valence-corrected chi connectivity index (χ2v) is 7.32. The molecule has 2 amide bonds. The number of anilines is 1. The van der Waals surface area contributed by atoms with Gasteiger partial charge in [-0.2, -0.15) is 5.10 Å². The van der Waals surface area contributed by atoms with Crippen LogP contribution in [0.5, 0.6) is 0 Å². The van der Waals surface area contributed by atoms with Crippen LogP contribution in [0.25, 0.3) is 0 Å². The van der Waals surface area contributed by atoms with Crippen molar-refractivity contribution in [1.29, 1.82) is 0 Å². The van der Waals surface area contributed by atoms with E-state index in [-0.39, 0.29) is 35.9 Å². The summed E-state index contributed by atoms with van der Waals surface area (Å²) in [6, 6.07) is 7.52. The molecule has 1 aromatic carbocycles. The van der Waals surface area contributed by atoms with Crippen LogP contribution < -0.4 is 4.90 Å². The second kappa shape index (κ2) is 5.41. The number of ether oxygens (including phenoxy) is 1. The molecular formula is C18H16ClN3O3. The highest BCUT2D eigenvalue weighted by Crippen LogP contribution is 2.49. The number of amides is 2. The van der Waals surface area contributed by atoms with Gasteiger partial charge in [-0.1, -0.05) is 23.7 Å². The predicted molar refractivity (Wildman–Crippen MR) is 90.1 cm³/mol. The number of benzene rings is 1. The first-order chi connectivity index (χ1) is 12.1. The summed E-state index contributed by atoms with van der Waals surface area (Å²) < 4.78 is 7.47. The Morgan fingerprint density at radius 3 is 2.56 bits per heavy atom. The molecule has 4 heterocycles. The number of fused-ring (bicyclic) bond motifs is 5. The molecule has 0 aliphatic carbocycles. The van der Waals surface area contributed by atoms with Gasteiger partial charge in [0.15, 0.2) is 0 Å². The van der Waals surface area contributed by atoms with Gasteiger partial charge in [-0.05, 0) is 30.5 Å². The Labute approximate surface area is 149 Å². The van der Waals surface area contributed by atoms with E-state index in [2.05, 4.69) is 5.10 Å². The first kappa shape index (κ1) is 15.1. The molecule has 3 fully saturated rings. The molecule has 3 aliphatic heterocycles. The molecule has 0 spiro atoms. The number of nitrogens with zero attached hydrogens (tertiary/aromatic N) is 3. The van der Waals surface area contributed by atoms with Crippen molar-refractivity contribution < 1.29 is 14.3 Å². The number of carbonyl (C=O) groups excluding carboxylic acids is 2. The summed E-state index contributed by atoms with van der Waals surface area (Å²) in [7, 11) is 0. The summed E-state index contributed by atoms with van der Waals surface area (Å²) in [5.74, 6) is -0.931. The summed E-state index contributed by atoms with van der Waals surface area (Å²) in [5.41, 5.74) is 1.54. The van der Waals surface area contributed by atoms with Gasteiger partial charge in [0, 0.05) is 11.2 Å². The van der Waals surface area contributed by atoms with Crippen molar-refractivity contribution in [3.8, 4) is 0 Å². The SMILES string of the molecule is O=C1[C@@H]2[C@@H](C(=O)N1c1cnn(Cc3cccc(Cl)c3)c1)[C@H]1CC[C@H]2O1. The number of rotatable bonds is 3. The average molecular weight is 358 g/mol. The van der Waals surface area contributed by atoms with Crippen LogP contribution in [0.1, 0.15) is 18.4 Å². The highest BCUT2D eigenvalue weighted by molar-refractivity contribution is 6.30. The fourth-order valence-electron chi connectivity index (χ4n) is 4.34. The van der Waals surface area contributed by atoms with Crippen LogP contribution >= 0.6 is 11.6 Å². The molecule has 1 aromatic heterocycles. The van der Waals surface area contributed by atoms with Gasteiger partial charge < -0.3 is 4.74 Å². The molecule has 0 N–H and O–H groups in total. The summed E-state index contributed by atoms with van der Waals surface area (Å²) in [5, 5.41) is 4.96. The van der Waals surface area contributed by atoms with Gasteiger partial charge in [-0.3, -0.25) is 14.3 Å². The molecule has 7 heteroatoms. The lowest BCUT2D eigenvalue weighted by Crippen LogP contribution is -2.33. The smallest absolute Gasteiger partial charge is 0.240 e. The van der Waals surface area contributed by atoms with E-state index in [4.69, 9.17) is 16.3 Å². The topological polar surface area (TPSA) is 64.4 Å². The molecule has 6 nitrogen and oxygen atoms in total. The third-order valence-electron chi connectivity index (χ3n) is 5.40. The molecule has 0 saturated carbocycles. The average Bonchev–Trinajstić information content (AvgIpc) is 3.33. The van der Waals surface area contributed by atoms with Crippen molar-refractivity contribution in [3.63, 3.8) is 0 Å². The van der Waals surface area contributed by atoms with E-state index in [0.29, 0.717) is 17.3 Å². The zero-order valence-electron chi connectivity index (χ0n) is 13.3. The molecular weight excluding hydrogens is 342 g/mol. The maximum Gasteiger partial charge on any atom is 0.240 e. The van der Waals surface area contributed by atoms with Crippen molar-refractivity contribution in [3.05, 3.63) is 47.2 Å². The zero-order chi connectivity index (χ0) is 17.1. The Bertz CT molecular complexity index is 852. The largest absolute Gasteiger partial charge is 0.373 e. The summed E-state index contributed by atoms with van der Waals surface area (Å²) in [4.78, 5) is 26.8. The third kappa shape index (κ3) is 2.24. The van der Waals surface area contributed by atoms with Gasteiger partial charge >= 0.3 is 0 Å². The van der Waals surface area contributed by atoms with Gasteiger partial charge in [-0.15, -0.1) is 0 Å². The molecule has 0 radical (unpaired) electrons. The molecule has 128 valence electrons. The van der Waals surface area contributed by atoms with Gasteiger partial charge in [-0.25, -0.2) is 4.90 Å². The van der Waals surface area contributed by atoms with E-state index in [9.17, 15) is 9.59 Å². The van der Waals surface area contributed by atoms with E-state index in [1.807, 2.05) is 24.3 Å². The lowest BCUT2D eigenvalue weighted by molar-refractivity contribution is -0.124. The standard InChI is InChI=1S/C18H16ClN3O3/c19-11-3-1-2-10(6-11)8-21-9-12(7-20-21)22-17(23)15-13-4-5-14(25-13)16(15)18(22)24/h1-3,6-7,9,13-16H,4-5,8H2/t13-,14-,15+,16+/m1/s1. The minimum atomic E-state index is -0.317. The highest BCUT2D eigenvalue weighted by atomic mass is 35.5. The Kier molecular flexibility index (Phi) is 3.27. The third-order valence-corrected chi connectivity index (χ3v) is 5.63. The van der Waals surface area contributed by atoms with E-state index in [0.717, 1.165) is 18.4 Å². The Morgan fingerprint density at radius 2 is 1.88 bits per heavy atom. The zero-order valence-corrected chi connectivity index (χ0v) is 14.1. The van der Waals surface area contributed by atoms with E-state index in [1.165, 1.54) is 4.90 Å². The Morgan fingerprint density at radius 1 is 1.16 bits per heavy atom. The molecule has 3 saturated heterocycles. The molecule has 2 bridgehead atoms. The van der Waals surface area contributed by atoms with Crippen LogP contribution in [0, 0.1) is 11.8 Å². The first-order valence-electron chi connectivity index (χ1n) is 8.42. The van der Waals surface area contributed by atoms with Crippen LogP contribution in [0.4, 0.5) is 5.69 Å². The normalized spacial score (nSPS) is 30.4. The number of hydrogen-bond donors (Lipinski definition) is 0. The van der Waals surface area contributed by atoms with Crippen molar-refractivity contribution in [2.75, 3.05) is 4.90 Å². The van der Waals surface area contributed by atoms with Crippen LogP contribution in [0.2, 0.25) is 5.02 Å². The van der Waals surface area contributed by atoms with E-state index < -0.39 is 0 Å². The maximum atomic E-state index is 12.8. The minimum absolute atomic E-state index is 0.0991. The van der Waals surface area contributed by atoms with Crippen LogP contribution in [0.3, 0.4) is 0 Å². The summed E-state index contributed by atoms with van der Waals surface area (Å²) >= 11 is 6.01. The predicted octanol–water partition coefficient (Wildman–Crippen LogP) is 2.25. The van der Waals surface area contributed by atoms with Crippen molar-refractivity contribution in [1.82, 2.24) is 9.78 Å². The lowest BCUT2D eigenvalue weighted by atomic mass is 9.81. The molecule has 2 aromatic rings. The Balaban J connectivity index is 1.40. The van der Waals surface area contributed by atoms with Crippen molar-refractivity contribution in [2.24, 2.45) is 11.8 Å². The van der Waals surface area contributed by atoms with E-state index in [1.54, 1.807) is 17.1 Å². The van der Waals surface area contributed by atoms with Crippen LogP contribution in [-0.2, 0) is 20.9 Å². The highest BCUT2D eigenvalue weighted by Gasteiger charge is 2.62. The molecule has 25 heavy (non-hydrogen) atoms. The number of aromatic nitrogens is 2. The number of hydrogen-bond acceptors (Lipinski definition) is 4. The van der Waals surface area contributed by atoms with Gasteiger partial charge in [0.1, 0.15) is 0 Å².